The summed E-state index contributed by atoms with van der Waals surface area (Å²) in [4.78, 5) is 0. The zero-order valence-electron chi connectivity index (χ0n) is 10.4. The normalized spacial score (nSPS) is 18.8. The molecule has 1 aromatic carbocycles. The third kappa shape index (κ3) is 3.06. The van der Waals surface area contributed by atoms with Crippen LogP contribution in [0.15, 0.2) is 18.2 Å². The molecule has 2 N–H and O–H groups in total. The fourth-order valence-corrected chi connectivity index (χ4v) is 2.47. The molecule has 18 heavy (non-hydrogen) atoms. The Balaban J connectivity index is 1.98. The maximum absolute atomic E-state index is 13.1. The molecular formula is C14H19F2NO. The third-order valence-electron chi connectivity index (χ3n) is 3.67. The van der Waals surface area contributed by atoms with E-state index in [4.69, 9.17) is 10.5 Å². The fraction of sp³-hybridized carbons (Fsp3) is 0.571. The summed E-state index contributed by atoms with van der Waals surface area (Å²) in [5.41, 5.74) is 6.17. The Hall–Kier alpha value is -1.00. The Kier molecular flexibility index (Phi) is 4.30. The van der Waals surface area contributed by atoms with Crippen LogP contribution in [0, 0.1) is 11.6 Å². The Bertz CT molecular complexity index is 403. The summed E-state index contributed by atoms with van der Waals surface area (Å²) in [7, 11) is 0. The summed E-state index contributed by atoms with van der Waals surface area (Å²) in [5, 5.41) is 0. The lowest BCUT2D eigenvalue weighted by Crippen LogP contribution is -2.42. The van der Waals surface area contributed by atoms with Crippen LogP contribution in [0.4, 0.5) is 8.78 Å². The van der Waals surface area contributed by atoms with Crippen LogP contribution in [0.1, 0.15) is 37.7 Å². The molecule has 0 heterocycles. The predicted molar refractivity (Wildman–Crippen MR) is 66.0 cm³/mol. The molecule has 2 rings (SSSR count). The number of halogens is 2. The molecule has 1 fully saturated rings. The number of hydrogen-bond acceptors (Lipinski definition) is 2. The minimum Gasteiger partial charge on any atom is -0.369 e. The average Bonchev–Trinajstić information content (AvgIpc) is 2.41. The Morgan fingerprint density at radius 1 is 1.11 bits per heavy atom. The van der Waals surface area contributed by atoms with E-state index in [1.807, 2.05) is 0 Å². The van der Waals surface area contributed by atoms with Crippen molar-refractivity contribution in [1.82, 2.24) is 0 Å². The number of benzene rings is 1. The van der Waals surface area contributed by atoms with E-state index in [0.717, 1.165) is 31.7 Å². The van der Waals surface area contributed by atoms with E-state index in [1.165, 1.54) is 12.5 Å². The van der Waals surface area contributed by atoms with Gasteiger partial charge in [0.15, 0.2) is 11.6 Å². The molecule has 1 saturated carbocycles. The van der Waals surface area contributed by atoms with Gasteiger partial charge in [-0.05, 0) is 30.5 Å². The number of hydrogen-bond donors (Lipinski definition) is 1. The van der Waals surface area contributed by atoms with E-state index in [-0.39, 0.29) is 12.2 Å². The molecule has 0 atom stereocenters. The van der Waals surface area contributed by atoms with Gasteiger partial charge in [-0.2, -0.15) is 0 Å². The van der Waals surface area contributed by atoms with Gasteiger partial charge in [0.1, 0.15) is 0 Å². The van der Waals surface area contributed by atoms with Gasteiger partial charge in [0.2, 0.25) is 0 Å². The van der Waals surface area contributed by atoms with E-state index in [1.54, 1.807) is 6.07 Å². The second-order valence-electron chi connectivity index (χ2n) is 4.98. The molecule has 0 unspecified atom stereocenters. The largest absolute Gasteiger partial charge is 0.369 e. The Labute approximate surface area is 106 Å². The van der Waals surface area contributed by atoms with Crippen molar-refractivity contribution in [3.05, 3.63) is 35.4 Å². The first-order valence-electron chi connectivity index (χ1n) is 6.43. The van der Waals surface area contributed by atoms with Crippen molar-refractivity contribution in [2.45, 2.75) is 44.3 Å². The Morgan fingerprint density at radius 2 is 1.83 bits per heavy atom. The minimum atomic E-state index is -0.832. The molecule has 1 aliphatic carbocycles. The van der Waals surface area contributed by atoms with Crippen molar-refractivity contribution in [2.24, 2.45) is 5.73 Å². The topological polar surface area (TPSA) is 35.2 Å². The van der Waals surface area contributed by atoms with E-state index in [2.05, 4.69) is 0 Å². The van der Waals surface area contributed by atoms with Crippen LogP contribution in [-0.4, -0.2) is 12.1 Å². The predicted octanol–water partition coefficient (Wildman–Crippen LogP) is 3.14. The highest BCUT2D eigenvalue weighted by Crippen LogP contribution is 2.31. The van der Waals surface area contributed by atoms with Crippen LogP contribution in [0.5, 0.6) is 0 Å². The molecule has 0 bridgehead atoms. The first-order valence-corrected chi connectivity index (χ1v) is 6.43. The second-order valence-corrected chi connectivity index (χ2v) is 4.98. The first kappa shape index (κ1) is 13.4. The zero-order chi connectivity index (χ0) is 13.0. The van der Waals surface area contributed by atoms with Gasteiger partial charge < -0.3 is 10.5 Å². The first-order chi connectivity index (χ1) is 8.65. The summed E-state index contributed by atoms with van der Waals surface area (Å²) in [6.45, 7) is 0.769. The number of ether oxygens (including phenoxy) is 1. The Morgan fingerprint density at radius 3 is 2.44 bits per heavy atom. The van der Waals surface area contributed by atoms with Gasteiger partial charge in [0.25, 0.3) is 0 Å². The van der Waals surface area contributed by atoms with Crippen LogP contribution in [0.2, 0.25) is 0 Å². The quantitative estimate of drug-likeness (QED) is 0.897. The highest BCUT2D eigenvalue weighted by Gasteiger charge is 2.31. The van der Waals surface area contributed by atoms with Crippen LogP contribution >= 0.6 is 0 Å². The SMILES string of the molecule is NCC1(OCc2ccc(F)c(F)c2)CCCCC1. The van der Waals surface area contributed by atoms with Crippen molar-refractivity contribution in [2.75, 3.05) is 6.54 Å². The molecule has 0 aliphatic heterocycles. The van der Waals surface area contributed by atoms with Crippen molar-refractivity contribution < 1.29 is 13.5 Å². The molecule has 0 aromatic heterocycles. The molecular weight excluding hydrogens is 236 g/mol. The molecule has 2 nitrogen and oxygen atoms in total. The molecule has 100 valence electrons. The van der Waals surface area contributed by atoms with Crippen molar-refractivity contribution in [1.29, 1.82) is 0 Å². The van der Waals surface area contributed by atoms with Gasteiger partial charge in [-0.1, -0.05) is 25.3 Å². The highest BCUT2D eigenvalue weighted by atomic mass is 19.2. The molecule has 1 aliphatic rings. The maximum Gasteiger partial charge on any atom is 0.159 e. The lowest BCUT2D eigenvalue weighted by Gasteiger charge is -2.36. The van der Waals surface area contributed by atoms with E-state index >= 15 is 0 Å². The van der Waals surface area contributed by atoms with Crippen molar-refractivity contribution in [3.63, 3.8) is 0 Å². The van der Waals surface area contributed by atoms with Crippen molar-refractivity contribution in [3.8, 4) is 0 Å². The zero-order valence-corrected chi connectivity index (χ0v) is 10.4. The highest BCUT2D eigenvalue weighted by molar-refractivity contribution is 5.17. The van der Waals surface area contributed by atoms with Gasteiger partial charge >= 0.3 is 0 Å². The van der Waals surface area contributed by atoms with E-state index < -0.39 is 11.6 Å². The van der Waals surface area contributed by atoms with Crippen LogP contribution in [0.25, 0.3) is 0 Å². The summed E-state index contributed by atoms with van der Waals surface area (Å²) < 4.78 is 31.8. The van der Waals surface area contributed by atoms with Gasteiger partial charge in [0, 0.05) is 6.54 Å². The minimum absolute atomic E-state index is 0.275. The molecule has 0 spiro atoms. The molecule has 1 aromatic rings. The van der Waals surface area contributed by atoms with Gasteiger partial charge in [0.05, 0.1) is 12.2 Å². The lowest BCUT2D eigenvalue weighted by molar-refractivity contribution is -0.0734. The van der Waals surface area contributed by atoms with Gasteiger partial charge in [-0.3, -0.25) is 0 Å². The molecule has 0 radical (unpaired) electrons. The molecule has 0 saturated heterocycles. The van der Waals surface area contributed by atoms with E-state index in [0.29, 0.717) is 12.1 Å². The molecule has 4 heteroatoms. The average molecular weight is 255 g/mol. The van der Waals surface area contributed by atoms with Crippen molar-refractivity contribution >= 4 is 0 Å². The van der Waals surface area contributed by atoms with Crippen LogP contribution in [-0.2, 0) is 11.3 Å². The summed E-state index contributed by atoms with van der Waals surface area (Å²) in [6, 6.07) is 3.86. The van der Waals surface area contributed by atoms with Gasteiger partial charge in [-0.15, -0.1) is 0 Å². The monoisotopic (exact) mass is 255 g/mol. The van der Waals surface area contributed by atoms with Crippen LogP contribution in [0.3, 0.4) is 0 Å². The maximum atomic E-state index is 13.1. The van der Waals surface area contributed by atoms with Gasteiger partial charge in [-0.25, -0.2) is 8.78 Å². The summed E-state index contributed by atoms with van der Waals surface area (Å²) in [5.74, 6) is -1.66. The summed E-state index contributed by atoms with van der Waals surface area (Å²) >= 11 is 0. The number of nitrogens with two attached hydrogens (primary N) is 1. The second kappa shape index (κ2) is 5.76. The number of rotatable bonds is 4. The smallest absolute Gasteiger partial charge is 0.159 e. The van der Waals surface area contributed by atoms with E-state index in [9.17, 15) is 8.78 Å². The third-order valence-corrected chi connectivity index (χ3v) is 3.67. The standard InChI is InChI=1S/C14H19F2NO/c15-12-5-4-11(8-13(12)16)9-18-14(10-17)6-2-1-3-7-14/h4-5,8H,1-3,6-7,9-10,17H2. The fourth-order valence-electron chi connectivity index (χ4n) is 2.47. The van der Waals surface area contributed by atoms with Crippen LogP contribution < -0.4 is 5.73 Å². The molecule has 0 amide bonds. The lowest BCUT2D eigenvalue weighted by atomic mass is 9.84. The summed E-state index contributed by atoms with van der Waals surface area (Å²) in [6.07, 6.45) is 5.36.